The quantitative estimate of drug-likeness (QED) is 0.466. The molecule has 0 N–H and O–H groups in total. The Hall–Kier alpha value is 5.65. The Kier molecular flexibility index (Phi) is 9.71. The van der Waals surface area contributed by atoms with Crippen LogP contribution in [0.1, 0.15) is 0 Å². The first-order valence-corrected chi connectivity index (χ1v) is 36.7. The van der Waals surface area contributed by atoms with Gasteiger partial charge in [-0.15, -0.1) is 0 Å². The van der Waals surface area contributed by atoms with Crippen molar-refractivity contribution in [1.82, 2.24) is 0 Å². The Morgan fingerprint density at radius 2 is 0.667 bits per heavy atom. The van der Waals surface area contributed by atoms with Gasteiger partial charge in [-0.05, 0) is 0 Å². The molecular weight excluding hydrogens is 481 g/mol. The van der Waals surface area contributed by atoms with Gasteiger partial charge in [-0.1, -0.05) is 0 Å². The van der Waals surface area contributed by atoms with Gasteiger partial charge in [0.15, 0.2) is 0 Å². The molecule has 0 aromatic carbocycles. The SMILES string of the molecule is [Cl][Os]([Cl])([Cl])([Cl])([Cl])[Cl].[K][K]. The van der Waals surface area contributed by atoms with Gasteiger partial charge < -0.3 is 0 Å². The third-order valence-corrected chi connectivity index (χ3v) is 0. The zero-order valence-corrected chi connectivity index (χ0v) is 17.9. The number of hydrogen-bond donors (Lipinski definition) is 0. The van der Waals surface area contributed by atoms with Gasteiger partial charge in [-0.3, -0.25) is 0 Å². The van der Waals surface area contributed by atoms with Gasteiger partial charge in [0.05, 0.1) is 0 Å². The van der Waals surface area contributed by atoms with Crippen molar-refractivity contribution in [3.05, 3.63) is 0 Å². The van der Waals surface area contributed by atoms with Gasteiger partial charge in [-0.25, -0.2) is 0 Å². The average molecular weight is 481 g/mol. The van der Waals surface area contributed by atoms with Crippen LogP contribution in [0.15, 0.2) is 0 Å². The summed E-state index contributed by atoms with van der Waals surface area (Å²) >= 11 is 2.50. The van der Waals surface area contributed by atoms with Crippen LogP contribution in [0.2, 0.25) is 0 Å². The molecule has 0 rings (SSSR count). The van der Waals surface area contributed by atoms with E-state index in [2.05, 4.69) is 0 Å². The third kappa shape index (κ3) is 58.0. The van der Waals surface area contributed by atoms with Crippen molar-refractivity contribution in [3.63, 3.8) is 0 Å². The Morgan fingerprint density at radius 1 is 0.667 bits per heavy atom. The Labute approximate surface area is 122 Å². The van der Waals surface area contributed by atoms with Crippen molar-refractivity contribution in [2.45, 2.75) is 0 Å². The molecule has 9 heteroatoms. The predicted octanol–water partition coefficient (Wildman–Crippen LogP) is 3.37. The molecule has 0 aromatic rings. The zero-order chi connectivity index (χ0) is 8.41. The van der Waals surface area contributed by atoms with Gasteiger partial charge in [0.1, 0.15) is 0 Å². The average Bonchev–Trinajstić information content (AvgIpc) is 1.30. The van der Waals surface area contributed by atoms with Crippen LogP contribution < -0.4 is 0 Å². The molecule has 0 nitrogen and oxygen atoms in total. The van der Waals surface area contributed by atoms with Gasteiger partial charge in [0.25, 0.3) is 0 Å². The second-order valence-corrected chi connectivity index (χ2v) is 55.8. The summed E-state index contributed by atoms with van der Waals surface area (Å²) in [5.41, 5.74) is 0. The standard InChI is InChI=1S/6ClH.2K.Os/h6*1H;;;/q;;;;;;;;+6/p-6. The van der Waals surface area contributed by atoms with E-state index in [0.29, 0.717) is 0 Å². The summed E-state index contributed by atoms with van der Waals surface area (Å²) < 4.78 is 0. The molecule has 0 heterocycles. The van der Waals surface area contributed by atoms with E-state index >= 15 is 0 Å². The van der Waals surface area contributed by atoms with Crippen LogP contribution >= 0.6 is 57.8 Å². The van der Waals surface area contributed by atoms with Crippen molar-refractivity contribution in [2.24, 2.45) is 0 Å². The molecule has 0 bridgehead atoms. The molecule has 0 fully saturated rings. The molecule has 0 unspecified atom stereocenters. The van der Waals surface area contributed by atoms with E-state index in [9.17, 15) is 0 Å². The fraction of sp³-hybridized carbons (Fsp3) is 0. The van der Waals surface area contributed by atoms with E-state index in [4.69, 9.17) is 57.8 Å². The molecule has 9 heavy (non-hydrogen) atoms. The van der Waals surface area contributed by atoms with E-state index in [1.54, 1.807) is 0 Å². The molecule has 0 spiro atoms. The van der Waals surface area contributed by atoms with Crippen LogP contribution in [0, 0.1) is 0 Å². The van der Waals surface area contributed by atoms with E-state index in [1.807, 2.05) is 0 Å². The normalized spacial score (nSPS) is 18.9. The number of hydrogen-bond acceptors (Lipinski definition) is 0. The molecule has 0 atom stereocenters. The van der Waals surface area contributed by atoms with Crippen LogP contribution in [0.3, 0.4) is 0 Å². The molecule has 0 aromatic heterocycles. The topological polar surface area (TPSA) is 0 Å². The summed E-state index contributed by atoms with van der Waals surface area (Å²) in [6.45, 7) is -5.38. The van der Waals surface area contributed by atoms with Gasteiger partial charge in [0, 0.05) is 0 Å². The Bertz CT molecular complexity index is 69.6. The molecular formula is Cl6K2Os. The number of rotatable bonds is 0. The first-order chi connectivity index (χ1) is 3.45. The fourth-order valence-corrected chi connectivity index (χ4v) is 0. The van der Waals surface area contributed by atoms with Crippen molar-refractivity contribution in [3.8, 4) is 0 Å². The third-order valence-electron chi connectivity index (χ3n) is 0. The summed E-state index contributed by atoms with van der Waals surface area (Å²) in [5, 5.41) is 0. The second-order valence-electron chi connectivity index (χ2n) is 0.758. The molecule has 0 aliphatic rings. The van der Waals surface area contributed by atoms with Gasteiger partial charge in [-0.2, -0.15) is 0 Å². The molecule has 0 saturated heterocycles. The number of halogens is 6. The van der Waals surface area contributed by atoms with Crippen LogP contribution in [-0.2, 0) is 6.64 Å². The maximum atomic E-state index is 5.06. The van der Waals surface area contributed by atoms with Gasteiger partial charge >= 0.3 is 128 Å². The van der Waals surface area contributed by atoms with E-state index < -0.39 is 6.64 Å². The van der Waals surface area contributed by atoms with Crippen molar-refractivity contribution in [2.75, 3.05) is 0 Å². The van der Waals surface area contributed by atoms with Gasteiger partial charge in [0.2, 0.25) is 0 Å². The molecule has 52 valence electrons. The minimum atomic E-state index is -5.38. The first kappa shape index (κ1) is 17.1. The Morgan fingerprint density at radius 3 is 0.667 bits per heavy atom. The van der Waals surface area contributed by atoms with E-state index in [1.165, 1.54) is 63.2 Å². The maximum absolute atomic E-state index is 5.38. The Balaban J connectivity index is 0. The minimum absolute atomic E-state index is 1.25. The van der Waals surface area contributed by atoms with Crippen LogP contribution in [-0.4, -0.2) is 63.2 Å². The summed E-state index contributed by atoms with van der Waals surface area (Å²) in [6.07, 6.45) is 0. The monoisotopic (exact) mass is 480 g/mol. The summed E-state index contributed by atoms with van der Waals surface area (Å²) in [5.74, 6) is 0. The fourth-order valence-electron chi connectivity index (χ4n) is 0. The molecule has 0 saturated carbocycles. The second kappa shape index (κ2) is 5.12. The van der Waals surface area contributed by atoms with Crippen molar-refractivity contribution >= 4 is 121 Å². The van der Waals surface area contributed by atoms with Crippen molar-refractivity contribution in [1.29, 1.82) is 0 Å². The molecule has 0 radical (unpaired) electrons. The van der Waals surface area contributed by atoms with Crippen LogP contribution in [0.25, 0.3) is 0 Å². The van der Waals surface area contributed by atoms with Crippen molar-refractivity contribution < 1.29 is 6.64 Å². The summed E-state index contributed by atoms with van der Waals surface area (Å²) in [7, 11) is 30.4. The summed E-state index contributed by atoms with van der Waals surface area (Å²) in [6, 6.07) is 0. The molecule has 0 aliphatic carbocycles. The van der Waals surface area contributed by atoms with E-state index in [-0.39, 0.29) is 0 Å². The zero-order valence-electron chi connectivity index (χ0n) is 4.62. The van der Waals surface area contributed by atoms with E-state index in [0.717, 1.165) is 0 Å². The summed E-state index contributed by atoms with van der Waals surface area (Å²) in [4.78, 5) is 0. The predicted molar refractivity (Wildman–Crippen MR) is 46.6 cm³/mol. The molecule has 0 amide bonds. The van der Waals surface area contributed by atoms with Crippen LogP contribution in [0.4, 0.5) is 0 Å². The molecule has 0 aliphatic heterocycles. The first-order valence-electron chi connectivity index (χ1n) is 1.80. The van der Waals surface area contributed by atoms with Crippen LogP contribution in [0.5, 0.6) is 0 Å².